The SMILES string of the molecule is Nn1c(SCc2ccccc2F)nnc1C1CCOCC1. The predicted octanol–water partition coefficient (Wildman–Crippen LogP) is 2.32. The van der Waals surface area contributed by atoms with Crippen LogP contribution in [0, 0.1) is 5.82 Å². The van der Waals surface area contributed by atoms with Gasteiger partial charge in [0.15, 0.2) is 5.82 Å². The van der Waals surface area contributed by atoms with E-state index in [1.54, 1.807) is 12.1 Å². The van der Waals surface area contributed by atoms with E-state index in [4.69, 9.17) is 10.6 Å². The molecule has 5 nitrogen and oxygen atoms in total. The smallest absolute Gasteiger partial charge is 0.210 e. The molecule has 0 amide bonds. The predicted molar refractivity (Wildman–Crippen MR) is 78.9 cm³/mol. The highest BCUT2D eigenvalue weighted by atomic mass is 32.2. The van der Waals surface area contributed by atoms with Crippen molar-refractivity contribution >= 4 is 11.8 Å². The average Bonchev–Trinajstić information content (AvgIpc) is 2.88. The van der Waals surface area contributed by atoms with Gasteiger partial charge in [-0.05, 0) is 24.5 Å². The number of nitrogen functional groups attached to an aromatic ring is 1. The van der Waals surface area contributed by atoms with Crippen molar-refractivity contribution in [3.63, 3.8) is 0 Å². The standard InChI is InChI=1S/C14H17FN4OS/c15-12-4-2-1-3-11(12)9-21-14-18-17-13(19(14)16)10-5-7-20-8-6-10/h1-4,10H,5-9,16H2. The quantitative estimate of drug-likeness (QED) is 0.693. The van der Waals surface area contributed by atoms with E-state index in [2.05, 4.69) is 10.2 Å². The first-order valence-corrected chi connectivity index (χ1v) is 7.88. The van der Waals surface area contributed by atoms with Crippen LogP contribution in [-0.4, -0.2) is 28.1 Å². The molecule has 0 aliphatic carbocycles. The maximum Gasteiger partial charge on any atom is 0.210 e. The number of aromatic nitrogens is 3. The second-order valence-corrected chi connectivity index (χ2v) is 5.92. The number of thioether (sulfide) groups is 1. The van der Waals surface area contributed by atoms with E-state index in [1.807, 2.05) is 6.07 Å². The molecule has 1 aliphatic rings. The summed E-state index contributed by atoms with van der Waals surface area (Å²) in [7, 11) is 0. The molecule has 1 aromatic carbocycles. The minimum atomic E-state index is -0.210. The van der Waals surface area contributed by atoms with Gasteiger partial charge in [-0.3, -0.25) is 0 Å². The summed E-state index contributed by atoms with van der Waals surface area (Å²) < 4.78 is 20.5. The molecule has 1 fully saturated rings. The molecule has 0 radical (unpaired) electrons. The van der Waals surface area contributed by atoms with E-state index < -0.39 is 0 Å². The number of hydrogen-bond acceptors (Lipinski definition) is 5. The van der Waals surface area contributed by atoms with Gasteiger partial charge in [-0.15, -0.1) is 10.2 Å². The van der Waals surface area contributed by atoms with Gasteiger partial charge < -0.3 is 10.6 Å². The molecular formula is C14H17FN4OS. The Kier molecular flexibility index (Phi) is 4.40. The first-order chi connectivity index (χ1) is 10.3. The maximum atomic E-state index is 13.6. The van der Waals surface area contributed by atoms with Crippen LogP contribution in [0.3, 0.4) is 0 Å². The molecule has 0 unspecified atom stereocenters. The van der Waals surface area contributed by atoms with E-state index >= 15 is 0 Å². The normalized spacial score (nSPS) is 16.2. The van der Waals surface area contributed by atoms with Crippen LogP contribution in [0.1, 0.15) is 30.1 Å². The first-order valence-electron chi connectivity index (χ1n) is 6.90. The average molecular weight is 308 g/mol. The van der Waals surface area contributed by atoms with E-state index in [0.29, 0.717) is 22.4 Å². The summed E-state index contributed by atoms with van der Waals surface area (Å²) in [5.41, 5.74) is 0.637. The molecule has 2 N–H and O–H groups in total. The van der Waals surface area contributed by atoms with Crippen molar-refractivity contribution in [2.75, 3.05) is 19.1 Å². The molecule has 0 saturated carbocycles. The zero-order chi connectivity index (χ0) is 14.7. The fraction of sp³-hybridized carbons (Fsp3) is 0.429. The Morgan fingerprint density at radius 1 is 1.29 bits per heavy atom. The van der Waals surface area contributed by atoms with Crippen molar-refractivity contribution in [3.05, 3.63) is 41.5 Å². The van der Waals surface area contributed by atoms with Gasteiger partial charge in [0.1, 0.15) is 5.82 Å². The molecule has 0 spiro atoms. The lowest BCUT2D eigenvalue weighted by Gasteiger charge is -2.20. The largest absolute Gasteiger partial charge is 0.381 e. The Balaban J connectivity index is 1.69. The number of hydrogen-bond donors (Lipinski definition) is 1. The number of halogens is 1. The summed E-state index contributed by atoms with van der Waals surface area (Å²) in [4.78, 5) is 0. The zero-order valence-corrected chi connectivity index (χ0v) is 12.4. The highest BCUT2D eigenvalue weighted by Gasteiger charge is 2.23. The Morgan fingerprint density at radius 2 is 2.05 bits per heavy atom. The molecule has 2 aromatic rings. The van der Waals surface area contributed by atoms with Crippen LogP contribution in [0.4, 0.5) is 4.39 Å². The van der Waals surface area contributed by atoms with Gasteiger partial charge >= 0.3 is 0 Å². The van der Waals surface area contributed by atoms with Crippen molar-refractivity contribution < 1.29 is 9.13 Å². The van der Waals surface area contributed by atoms with Crippen molar-refractivity contribution in [2.45, 2.75) is 29.7 Å². The van der Waals surface area contributed by atoms with Crippen molar-refractivity contribution in [3.8, 4) is 0 Å². The topological polar surface area (TPSA) is 66.0 Å². The van der Waals surface area contributed by atoms with Gasteiger partial charge in [0, 0.05) is 24.9 Å². The molecule has 2 heterocycles. The highest BCUT2D eigenvalue weighted by Crippen LogP contribution is 2.28. The van der Waals surface area contributed by atoms with Gasteiger partial charge in [-0.25, -0.2) is 9.07 Å². The van der Waals surface area contributed by atoms with Crippen LogP contribution >= 0.6 is 11.8 Å². The van der Waals surface area contributed by atoms with Crippen molar-refractivity contribution in [1.82, 2.24) is 14.9 Å². The molecule has 3 rings (SSSR count). The number of rotatable bonds is 4. The number of nitrogens with two attached hydrogens (primary N) is 1. The van der Waals surface area contributed by atoms with Gasteiger partial charge in [0.2, 0.25) is 5.16 Å². The summed E-state index contributed by atoms with van der Waals surface area (Å²) in [6, 6.07) is 6.72. The molecule has 112 valence electrons. The summed E-state index contributed by atoms with van der Waals surface area (Å²) in [6.45, 7) is 1.46. The fourth-order valence-electron chi connectivity index (χ4n) is 2.38. The van der Waals surface area contributed by atoms with Gasteiger partial charge in [0.05, 0.1) is 0 Å². The Hall–Kier alpha value is -1.60. The van der Waals surface area contributed by atoms with Gasteiger partial charge in [-0.2, -0.15) is 0 Å². The van der Waals surface area contributed by atoms with Crippen LogP contribution in [0.2, 0.25) is 0 Å². The minimum Gasteiger partial charge on any atom is -0.381 e. The van der Waals surface area contributed by atoms with Crippen LogP contribution in [0.5, 0.6) is 0 Å². The second kappa shape index (κ2) is 6.44. The van der Waals surface area contributed by atoms with Crippen LogP contribution in [-0.2, 0) is 10.5 Å². The molecule has 7 heteroatoms. The summed E-state index contributed by atoms with van der Waals surface area (Å²) in [5.74, 6) is 7.42. The molecule has 21 heavy (non-hydrogen) atoms. The molecule has 0 bridgehead atoms. The third-order valence-electron chi connectivity index (χ3n) is 3.59. The van der Waals surface area contributed by atoms with Gasteiger partial charge in [-0.1, -0.05) is 30.0 Å². The van der Waals surface area contributed by atoms with Crippen LogP contribution in [0.25, 0.3) is 0 Å². The number of benzene rings is 1. The Morgan fingerprint density at radius 3 is 2.81 bits per heavy atom. The molecule has 1 saturated heterocycles. The Bertz CT molecular complexity index is 613. The molecular weight excluding hydrogens is 291 g/mol. The van der Waals surface area contributed by atoms with E-state index in [0.717, 1.165) is 31.9 Å². The molecule has 1 aromatic heterocycles. The Labute approximate surface area is 126 Å². The number of nitrogens with zero attached hydrogens (tertiary/aromatic N) is 3. The molecule has 1 aliphatic heterocycles. The lowest BCUT2D eigenvalue weighted by atomic mass is 10.00. The van der Waals surface area contributed by atoms with E-state index in [9.17, 15) is 4.39 Å². The lowest BCUT2D eigenvalue weighted by Crippen LogP contribution is -2.22. The van der Waals surface area contributed by atoms with Crippen molar-refractivity contribution in [1.29, 1.82) is 0 Å². The molecule has 0 atom stereocenters. The van der Waals surface area contributed by atoms with Crippen LogP contribution in [0.15, 0.2) is 29.4 Å². The maximum absolute atomic E-state index is 13.6. The minimum absolute atomic E-state index is 0.210. The third-order valence-corrected chi connectivity index (χ3v) is 4.58. The third kappa shape index (κ3) is 3.19. The van der Waals surface area contributed by atoms with E-state index in [1.165, 1.54) is 22.5 Å². The summed E-state index contributed by atoms with van der Waals surface area (Å²) >= 11 is 1.39. The van der Waals surface area contributed by atoms with Gasteiger partial charge in [0.25, 0.3) is 0 Å². The zero-order valence-electron chi connectivity index (χ0n) is 11.5. The monoisotopic (exact) mass is 308 g/mol. The van der Waals surface area contributed by atoms with Crippen molar-refractivity contribution in [2.24, 2.45) is 0 Å². The lowest BCUT2D eigenvalue weighted by molar-refractivity contribution is 0.0830. The summed E-state index contributed by atoms with van der Waals surface area (Å²) in [6.07, 6.45) is 1.82. The second-order valence-electron chi connectivity index (χ2n) is 4.98. The first kappa shape index (κ1) is 14.3. The van der Waals surface area contributed by atoms with Crippen LogP contribution < -0.4 is 5.84 Å². The highest BCUT2D eigenvalue weighted by molar-refractivity contribution is 7.98. The summed E-state index contributed by atoms with van der Waals surface area (Å²) in [5, 5.41) is 8.93. The number of ether oxygens (including phenoxy) is 1. The van der Waals surface area contributed by atoms with E-state index in [-0.39, 0.29) is 5.82 Å². The fourth-order valence-corrected chi connectivity index (χ4v) is 3.23.